The number of hydrogen-bond donors (Lipinski definition) is 2. The zero-order valence-corrected chi connectivity index (χ0v) is 19.7. The van der Waals surface area contributed by atoms with E-state index in [1.54, 1.807) is 56.5 Å². The van der Waals surface area contributed by atoms with Crippen LogP contribution in [-0.2, 0) is 9.59 Å². The second kappa shape index (κ2) is 12.6. The maximum Gasteiger partial charge on any atom is 0.266 e. The fourth-order valence-electron chi connectivity index (χ4n) is 3.06. The van der Waals surface area contributed by atoms with Gasteiger partial charge >= 0.3 is 0 Å². The number of amides is 2. The molecule has 0 fully saturated rings. The Hall–Kier alpha value is -4.84. The summed E-state index contributed by atoms with van der Waals surface area (Å²) in [6, 6.07) is 18.8. The molecule has 0 heterocycles. The third-order valence-electron chi connectivity index (χ3n) is 4.78. The van der Waals surface area contributed by atoms with Gasteiger partial charge in [0.05, 0.1) is 13.7 Å². The van der Waals surface area contributed by atoms with E-state index in [0.717, 1.165) is 0 Å². The summed E-state index contributed by atoms with van der Waals surface area (Å²) < 4.78 is 29.3. The molecule has 3 aromatic carbocycles. The van der Waals surface area contributed by atoms with E-state index in [-0.39, 0.29) is 12.2 Å². The molecule has 0 aliphatic heterocycles. The molecule has 0 radical (unpaired) electrons. The Morgan fingerprint density at radius 3 is 2.25 bits per heavy atom. The Kier molecular flexibility index (Phi) is 9.00. The largest absolute Gasteiger partial charge is 0.497 e. The normalized spacial score (nSPS) is 10.7. The lowest BCUT2D eigenvalue weighted by atomic mass is 10.1. The second-order valence-corrected chi connectivity index (χ2v) is 7.34. The van der Waals surface area contributed by atoms with Crippen molar-refractivity contribution in [2.24, 2.45) is 0 Å². The number of ether oxygens (including phenoxy) is 3. The fraction of sp³-hybridized carbons (Fsp3) is 0.148. The van der Waals surface area contributed by atoms with Gasteiger partial charge in [-0.15, -0.1) is 0 Å². The number of nitriles is 1. The molecule has 0 spiro atoms. The number of halogens is 1. The Labute approximate surface area is 207 Å². The maximum absolute atomic E-state index is 13.0. The average molecular weight is 490 g/mol. The molecule has 3 rings (SSSR count). The Morgan fingerprint density at radius 1 is 0.944 bits per heavy atom. The molecule has 0 saturated heterocycles. The molecule has 0 atom stereocenters. The summed E-state index contributed by atoms with van der Waals surface area (Å²) in [6.45, 7) is 1.81. The van der Waals surface area contributed by atoms with Crippen molar-refractivity contribution in [1.82, 2.24) is 0 Å². The van der Waals surface area contributed by atoms with Gasteiger partial charge in [0.25, 0.3) is 11.8 Å². The summed E-state index contributed by atoms with van der Waals surface area (Å²) in [6.07, 6.45) is 1.42. The van der Waals surface area contributed by atoms with E-state index < -0.39 is 17.6 Å². The summed E-state index contributed by atoms with van der Waals surface area (Å²) in [7, 11) is 1.54. The Morgan fingerprint density at radius 2 is 1.61 bits per heavy atom. The molecule has 184 valence electrons. The highest BCUT2D eigenvalue weighted by atomic mass is 19.1. The molecular formula is C27H24FN3O5. The predicted molar refractivity (Wildman–Crippen MR) is 133 cm³/mol. The zero-order chi connectivity index (χ0) is 25.9. The first kappa shape index (κ1) is 25.8. The van der Waals surface area contributed by atoms with Crippen molar-refractivity contribution < 1.29 is 28.2 Å². The summed E-state index contributed by atoms with van der Waals surface area (Å²) in [5.74, 6) is -0.119. The minimum absolute atomic E-state index is 0.111. The smallest absolute Gasteiger partial charge is 0.266 e. The molecule has 0 aliphatic rings. The molecule has 9 heteroatoms. The van der Waals surface area contributed by atoms with Gasteiger partial charge in [0.15, 0.2) is 18.1 Å². The first-order valence-electron chi connectivity index (χ1n) is 10.9. The van der Waals surface area contributed by atoms with E-state index in [9.17, 15) is 19.2 Å². The summed E-state index contributed by atoms with van der Waals surface area (Å²) in [5, 5.41) is 14.8. The molecule has 0 aliphatic carbocycles. The van der Waals surface area contributed by atoms with Crippen molar-refractivity contribution in [3.05, 3.63) is 83.7 Å². The number of rotatable bonds is 10. The van der Waals surface area contributed by atoms with Crippen molar-refractivity contribution in [3.63, 3.8) is 0 Å². The topological polar surface area (TPSA) is 110 Å². The number of nitrogens with one attached hydrogen (secondary N) is 2. The van der Waals surface area contributed by atoms with Crippen LogP contribution in [0.4, 0.5) is 15.8 Å². The van der Waals surface area contributed by atoms with Crippen LogP contribution in [0, 0.1) is 17.1 Å². The highest BCUT2D eigenvalue weighted by molar-refractivity contribution is 6.09. The zero-order valence-electron chi connectivity index (χ0n) is 19.7. The molecule has 36 heavy (non-hydrogen) atoms. The van der Waals surface area contributed by atoms with Crippen LogP contribution in [0.15, 0.2) is 72.3 Å². The number of anilines is 2. The third kappa shape index (κ3) is 7.33. The molecule has 0 bridgehead atoms. The van der Waals surface area contributed by atoms with Crippen molar-refractivity contribution in [2.75, 3.05) is 31.0 Å². The first-order chi connectivity index (χ1) is 17.4. The average Bonchev–Trinajstić information content (AvgIpc) is 2.88. The van der Waals surface area contributed by atoms with E-state index in [0.29, 0.717) is 40.8 Å². The minimum atomic E-state index is -0.571. The highest BCUT2D eigenvalue weighted by Crippen LogP contribution is 2.29. The predicted octanol–water partition coefficient (Wildman–Crippen LogP) is 4.80. The van der Waals surface area contributed by atoms with Gasteiger partial charge in [-0.3, -0.25) is 9.59 Å². The van der Waals surface area contributed by atoms with Gasteiger partial charge in [-0.05, 0) is 79.2 Å². The number of benzene rings is 3. The fourth-order valence-corrected chi connectivity index (χ4v) is 3.06. The highest BCUT2D eigenvalue weighted by Gasteiger charge is 2.13. The molecule has 0 unspecified atom stereocenters. The summed E-state index contributed by atoms with van der Waals surface area (Å²) in [4.78, 5) is 24.8. The van der Waals surface area contributed by atoms with Crippen LogP contribution in [0.3, 0.4) is 0 Å². The van der Waals surface area contributed by atoms with Crippen LogP contribution >= 0.6 is 0 Å². The van der Waals surface area contributed by atoms with E-state index >= 15 is 0 Å². The van der Waals surface area contributed by atoms with E-state index in [2.05, 4.69) is 10.6 Å². The minimum Gasteiger partial charge on any atom is -0.497 e. The lowest BCUT2D eigenvalue weighted by molar-refractivity contribution is -0.118. The molecule has 2 N–H and O–H groups in total. The van der Waals surface area contributed by atoms with Gasteiger partial charge in [-0.25, -0.2) is 4.39 Å². The van der Waals surface area contributed by atoms with Crippen LogP contribution in [0.2, 0.25) is 0 Å². The van der Waals surface area contributed by atoms with Gasteiger partial charge in [-0.1, -0.05) is 6.07 Å². The van der Waals surface area contributed by atoms with Crippen molar-refractivity contribution in [3.8, 4) is 23.3 Å². The monoisotopic (exact) mass is 489 g/mol. The van der Waals surface area contributed by atoms with Crippen LogP contribution < -0.4 is 24.8 Å². The van der Waals surface area contributed by atoms with Gasteiger partial charge in [0.1, 0.15) is 23.2 Å². The molecule has 0 saturated carbocycles. The molecule has 0 aromatic heterocycles. The van der Waals surface area contributed by atoms with Gasteiger partial charge in [0, 0.05) is 11.4 Å². The van der Waals surface area contributed by atoms with Gasteiger partial charge < -0.3 is 24.8 Å². The van der Waals surface area contributed by atoms with Crippen molar-refractivity contribution in [1.29, 1.82) is 5.26 Å². The van der Waals surface area contributed by atoms with E-state index in [1.165, 1.54) is 30.3 Å². The molecule has 3 aromatic rings. The third-order valence-corrected chi connectivity index (χ3v) is 4.78. The number of carbonyl (C=O) groups excluding carboxylic acids is 2. The number of nitrogens with zero attached hydrogens (tertiary/aromatic N) is 1. The summed E-state index contributed by atoms with van der Waals surface area (Å²) in [5.41, 5.74) is 1.37. The van der Waals surface area contributed by atoms with Gasteiger partial charge in [0.2, 0.25) is 0 Å². The maximum atomic E-state index is 13.0. The van der Waals surface area contributed by atoms with Gasteiger partial charge in [-0.2, -0.15) is 5.26 Å². The number of hydrogen-bond acceptors (Lipinski definition) is 6. The van der Waals surface area contributed by atoms with Crippen LogP contribution in [0.5, 0.6) is 17.2 Å². The number of methoxy groups -OCH3 is 1. The first-order valence-corrected chi connectivity index (χ1v) is 10.9. The van der Waals surface area contributed by atoms with Crippen molar-refractivity contribution in [2.45, 2.75) is 6.92 Å². The molecule has 2 amide bonds. The van der Waals surface area contributed by atoms with Crippen LogP contribution in [-0.4, -0.2) is 32.1 Å². The van der Waals surface area contributed by atoms with E-state index in [1.807, 2.05) is 6.07 Å². The van der Waals surface area contributed by atoms with Crippen LogP contribution in [0.1, 0.15) is 12.5 Å². The lowest BCUT2D eigenvalue weighted by Gasteiger charge is -2.13. The summed E-state index contributed by atoms with van der Waals surface area (Å²) >= 11 is 0. The van der Waals surface area contributed by atoms with Crippen molar-refractivity contribution >= 4 is 29.3 Å². The quantitative estimate of drug-likeness (QED) is 0.313. The lowest BCUT2D eigenvalue weighted by Crippen LogP contribution is -2.20. The van der Waals surface area contributed by atoms with E-state index in [4.69, 9.17) is 14.2 Å². The Balaban J connectivity index is 1.69. The number of carbonyl (C=O) groups is 2. The molecule has 8 nitrogen and oxygen atoms in total. The standard InChI is InChI=1S/C27H24FN3O5/c1-3-35-25-15-18(14-19(16-29)27(33)31-22-9-11-23(34-2)12-10-22)4-13-24(25)36-17-26(32)30-21-7-5-20(28)6-8-21/h4-15H,3,17H2,1-2H3,(H,30,32)(H,31,33)/b19-14-. The second-order valence-electron chi connectivity index (χ2n) is 7.34. The Bertz CT molecular complexity index is 1280. The van der Waals surface area contributed by atoms with Crippen LogP contribution in [0.25, 0.3) is 6.08 Å². The SMILES string of the molecule is CCOc1cc(/C=C(/C#N)C(=O)Nc2ccc(OC)cc2)ccc1OCC(=O)Nc1ccc(F)cc1. The molecular weight excluding hydrogens is 465 g/mol.